The molecule has 1 aromatic carbocycles. The molecule has 1 heterocycles. The smallest absolute Gasteiger partial charge is 0.358 e. The predicted octanol–water partition coefficient (Wildman–Crippen LogP) is 2.36. The van der Waals surface area contributed by atoms with E-state index in [1.165, 1.54) is 11.8 Å². The normalized spacial score (nSPS) is 10.1. The van der Waals surface area contributed by atoms with E-state index in [-0.39, 0.29) is 12.4 Å². The fraction of sp³-hybridized carbons (Fsp3) is 0.167. The Labute approximate surface area is 109 Å². The average Bonchev–Trinajstić information content (AvgIpc) is 2.86. The highest BCUT2D eigenvalue weighted by molar-refractivity contribution is 6.30. The number of ether oxygens (including phenoxy) is 2. The Kier molecular flexibility index (Phi) is 3.84. The number of halogens is 1. The van der Waals surface area contributed by atoms with Crippen molar-refractivity contribution in [2.24, 2.45) is 0 Å². The van der Waals surface area contributed by atoms with Crippen LogP contribution in [0.5, 0.6) is 5.75 Å². The van der Waals surface area contributed by atoms with Crippen LogP contribution in [0.2, 0.25) is 5.02 Å². The van der Waals surface area contributed by atoms with Crippen molar-refractivity contribution in [2.75, 3.05) is 7.11 Å². The number of hydrogen-bond donors (Lipinski definition) is 0. The van der Waals surface area contributed by atoms with E-state index < -0.39 is 5.97 Å². The Morgan fingerprint density at radius 3 is 2.72 bits per heavy atom. The first kappa shape index (κ1) is 12.4. The van der Waals surface area contributed by atoms with Gasteiger partial charge in [0, 0.05) is 11.2 Å². The molecule has 0 amide bonds. The van der Waals surface area contributed by atoms with Gasteiger partial charge in [-0.15, -0.1) is 0 Å². The predicted molar refractivity (Wildman–Crippen MR) is 65.6 cm³/mol. The van der Waals surface area contributed by atoms with Gasteiger partial charge in [0.15, 0.2) is 12.4 Å². The first-order valence-corrected chi connectivity index (χ1v) is 5.57. The van der Waals surface area contributed by atoms with Crippen molar-refractivity contribution in [2.45, 2.75) is 6.73 Å². The fourth-order valence-corrected chi connectivity index (χ4v) is 1.44. The van der Waals surface area contributed by atoms with Crippen molar-refractivity contribution in [1.29, 1.82) is 0 Å². The quantitative estimate of drug-likeness (QED) is 0.797. The highest BCUT2D eigenvalue weighted by Gasteiger charge is 2.08. The number of aromatic nitrogens is 2. The molecule has 2 rings (SSSR count). The molecule has 0 fully saturated rings. The number of carbonyl (C=O) groups excluding carboxylic acids is 1. The summed E-state index contributed by atoms with van der Waals surface area (Å²) in [6, 6.07) is 8.55. The molecular weight excluding hydrogens is 256 g/mol. The SMILES string of the molecule is COC(=O)c1ccn(COc2ccc(Cl)cc2)n1. The third-order valence-corrected chi connectivity index (χ3v) is 2.46. The minimum Gasteiger partial charge on any atom is -0.471 e. The van der Waals surface area contributed by atoms with E-state index in [1.54, 1.807) is 36.5 Å². The number of esters is 1. The summed E-state index contributed by atoms with van der Waals surface area (Å²) in [4.78, 5) is 11.2. The minimum absolute atomic E-state index is 0.207. The van der Waals surface area contributed by atoms with Crippen molar-refractivity contribution in [3.05, 3.63) is 47.2 Å². The second kappa shape index (κ2) is 5.55. The van der Waals surface area contributed by atoms with Gasteiger partial charge in [0.05, 0.1) is 7.11 Å². The lowest BCUT2D eigenvalue weighted by Crippen LogP contribution is -2.08. The number of methoxy groups -OCH3 is 1. The molecule has 1 aromatic heterocycles. The van der Waals surface area contributed by atoms with Gasteiger partial charge in [-0.2, -0.15) is 5.10 Å². The van der Waals surface area contributed by atoms with Gasteiger partial charge in [0.2, 0.25) is 0 Å². The molecule has 0 unspecified atom stereocenters. The maximum Gasteiger partial charge on any atom is 0.358 e. The van der Waals surface area contributed by atoms with Gasteiger partial charge < -0.3 is 9.47 Å². The summed E-state index contributed by atoms with van der Waals surface area (Å²) >= 11 is 5.76. The standard InChI is InChI=1S/C12H11ClN2O3/c1-17-12(16)11-6-7-15(14-11)8-18-10-4-2-9(13)3-5-10/h2-7H,8H2,1H3. The van der Waals surface area contributed by atoms with Crippen LogP contribution in [0.25, 0.3) is 0 Å². The second-order valence-corrected chi connectivity index (χ2v) is 3.90. The van der Waals surface area contributed by atoms with Crippen LogP contribution in [0.15, 0.2) is 36.5 Å². The highest BCUT2D eigenvalue weighted by Crippen LogP contribution is 2.15. The van der Waals surface area contributed by atoms with Gasteiger partial charge in [0.1, 0.15) is 5.75 Å². The van der Waals surface area contributed by atoms with Crippen LogP contribution in [0.1, 0.15) is 10.5 Å². The van der Waals surface area contributed by atoms with Crippen molar-refractivity contribution in [3.63, 3.8) is 0 Å². The third-order valence-electron chi connectivity index (χ3n) is 2.21. The van der Waals surface area contributed by atoms with Crippen LogP contribution in [0.4, 0.5) is 0 Å². The van der Waals surface area contributed by atoms with Crippen molar-refractivity contribution < 1.29 is 14.3 Å². The van der Waals surface area contributed by atoms with Crippen LogP contribution in [-0.2, 0) is 11.5 Å². The largest absolute Gasteiger partial charge is 0.471 e. The summed E-state index contributed by atoms with van der Waals surface area (Å²) in [5.74, 6) is 0.203. The molecule has 6 heteroatoms. The van der Waals surface area contributed by atoms with Crippen LogP contribution in [-0.4, -0.2) is 22.9 Å². The summed E-state index contributed by atoms with van der Waals surface area (Å²) in [5, 5.41) is 4.65. The van der Waals surface area contributed by atoms with Crippen molar-refractivity contribution in [3.8, 4) is 5.75 Å². The van der Waals surface area contributed by atoms with E-state index in [9.17, 15) is 4.79 Å². The second-order valence-electron chi connectivity index (χ2n) is 3.46. The zero-order chi connectivity index (χ0) is 13.0. The molecule has 0 aliphatic carbocycles. The molecule has 0 saturated heterocycles. The molecule has 2 aromatic rings. The molecule has 0 bridgehead atoms. The number of nitrogens with zero attached hydrogens (tertiary/aromatic N) is 2. The Hall–Kier alpha value is -2.01. The van der Waals surface area contributed by atoms with E-state index in [0.29, 0.717) is 10.8 Å². The zero-order valence-electron chi connectivity index (χ0n) is 9.67. The van der Waals surface area contributed by atoms with E-state index in [4.69, 9.17) is 16.3 Å². The lowest BCUT2D eigenvalue weighted by molar-refractivity contribution is 0.0592. The molecule has 0 aliphatic rings. The third kappa shape index (κ3) is 3.01. The molecule has 0 radical (unpaired) electrons. The van der Waals surface area contributed by atoms with E-state index in [1.807, 2.05) is 0 Å². The Morgan fingerprint density at radius 1 is 1.33 bits per heavy atom. The average molecular weight is 267 g/mol. The maximum atomic E-state index is 11.2. The molecule has 0 atom stereocenters. The summed E-state index contributed by atoms with van der Waals surface area (Å²) in [7, 11) is 1.31. The molecule has 5 nitrogen and oxygen atoms in total. The van der Waals surface area contributed by atoms with Crippen LogP contribution >= 0.6 is 11.6 Å². The Morgan fingerprint density at radius 2 is 2.06 bits per heavy atom. The number of carbonyl (C=O) groups is 1. The molecular formula is C12H11ClN2O3. The number of rotatable bonds is 4. The highest BCUT2D eigenvalue weighted by atomic mass is 35.5. The van der Waals surface area contributed by atoms with Gasteiger partial charge in [-0.1, -0.05) is 11.6 Å². The molecule has 0 saturated carbocycles. The zero-order valence-corrected chi connectivity index (χ0v) is 10.4. The Balaban J connectivity index is 1.96. The lowest BCUT2D eigenvalue weighted by atomic mass is 10.3. The summed E-state index contributed by atoms with van der Waals surface area (Å²) in [6.07, 6.45) is 1.64. The molecule has 0 N–H and O–H groups in total. The summed E-state index contributed by atoms with van der Waals surface area (Å²) in [6.45, 7) is 0.207. The van der Waals surface area contributed by atoms with Gasteiger partial charge in [-0.05, 0) is 30.3 Å². The summed E-state index contributed by atoms with van der Waals surface area (Å²) < 4.78 is 11.5. The Bertz CT molecular complexity index is 537. The van der Waals surface area contributed by atoms with Gasteiger partial charge >= 0.3 is 5.97 Å². The van der Waals surface area contributed by atoms with E-state index >= 15 is 0 Å². The van der Waals surface area contributed by atoms with Crippen LogP contribution < -0.4 is 4.74 Å². The molecule has 94 valence electrons. The first-order valence-electron chi connectivity index (χ1n) is 5.19. The molecule has 0 spiro atoms. The summed E-state index contributed by atoms with van der Waals surface area (Å²) in [5.41, 5.74) is 0.247. The minimum atomic E-state index is -0.472. The monoisotopic (exact) mass is 266 g/mol. The van der Waals surface area contributed by atoms with E-state index in [0.717, 1.165) is 0 Å². The van der Waals surface area contributed by atoms with Gasteiger partial charge in [-0.3, -0.25) is 0 Å². The number of hydrogen-bond acceptors (Lipinski definition) is 4. The van der Waals surface area contributed by atoms with Crippen molar-refractivity contribution >= 4 is 17.6 Å². The topological polar surface area (TPSA) is 53.4 Å². The van der Waals surface area contributed by atoms with Crippen LogP contribution in [0.3, 0.4) is 0 Å². The fourth-order valence-electron chi connectivity index (χ4n) is 1.32. The van der Waals surface area contributed by atoms with Crippen molar-refractivity contribution in [1.82, 2.24) is 9.78 Å². The van der Waals surface area contributed by atoms with E-state index in [2.05, 4.69) is 9.84 Å². The molecule has 0 aliphatic heterocycles. The molecule has 18 heavy (non-hydrogen) atoms. The van der Waals surface area contributed by atoms with Gasteiger partial charge in [-0.25, -0.2) is 9.48 Å². The lowest BCUT2D eigenvalue weighted by Gasteiger charge is -2.05. The first-order chi connectivity index (χ1) is 8.69. The maximum absolute atomic E-state index is 11.2. The number of benzene rings is 1. The van der Waals surface area contributed by atoms with Gasteiger partial charge in [0.25, 0.3) is 0 Å². The van der Waals surface area contributed by atoms with Crippen LogP contribution in [0, 0.1) is 0 Å².